The normalized spacial score (nSPS) is 20.9. The number of rotatable bonds is 3. The first-order valence-electron chi connectivity index (χ1n) is 6.97. The van der Waals surface area contributed by atoms with Crippen LogP contribution in [0.25, 0.3) is 6.08 Å². The lowest BCUT2D eigenvalue weighted by atomic mass is 9.77. The Kier molecular flexibility index (Phi) is 4.15. The fourth-order valence-electron chi connectivity index (χ4n) is 2.08. The number of hydrogen-bond acceptors (Lipinski definition) is 4. The van der Waals surface area contributed by atoms with E-state index in [9.17, 15) is 4.39 Å². The van der Waals surface area contributed by atoms with Gasteiger partial charge < -0.3 is 20.8 Å². The molecule has 0 radical (unpaired) electrons. The maximum atomic E-state index is 13.2. The van der Waals surface area contributed by atoms with Crippen molar-refractivity contribution in [1.82, 2.24) is 0 Å². The molecule has 0 unspecified atom stereocenters. The van der Waals surface area contributed by atoms with E-state index in [4.69, 9.17) is 20.8 Å². The number of halogens is 1. The monoisotopic (exact) mass is 292 g/mol. The summed E-state index contributed by atoms with van der Waals surface area (Å²) in [6, 6.07) is 4.54. The van der Waals surface area contributed by atoms with Crippen molar-refractivity contribution in [2.45, 2.75) is 38.9 Å². The second-order valence-electron chi connectivity index (χ2n) is 6.29. The molecule has 1 aromatic rings. The number of nitrogen functional groups attached to an aromatic ring is 1. The van der Waals surface area contributed by atoms with Crippen molar-refractivity contribution < 1.29 is 13.7 Å². The van der Waals surface area contributed by atoms with Crippen LogP contribution in [0, 0.1) is 5.82 Å². The molecule has 0 saturated carbocycles. The highest BCUT2D eigenvalue weighted by Gasteiger charge is 2.52. The highest BCUT2D eigenvalue weighted by molar-refractivity contribution is 6.55. The van der Waals surface area contributed by atoms with E-state index < -0.39 is 24.1 Å². The van der Waals surface area contributed by atoms with E-state index in [1.165, 1.54) is 6.07 Å². The maximum Gasteiger partial charge on any atom is 0.491 e. The molecule has 1 aliphatic heterocycles. The molecular weight excluding hydrogens is 270 g/mol. The predicted molar refractivity (Wildman–Crippen MR) is 83.9 cm³/mol. The number of hydrogen-bond donors (Lipinski definition) is 2. The summed E-state index contributed by atoms with van der Waals surface area (Å²) in [5.74, 6) is -0.433. The molecule has 0 atom stereocenters. The van der Waals surface area contributed by atoms with Crippen LogP contribution in [-0.2, 0) is 9.31 Å². The molecule has 1 fully saturated rings. The van der Waals surface area contributed by atoms with Gasteiger partial charge in [0.05, 0.1) is 16.9 Å². The molecule has 0 amide bonds. The van der Waals surface area contributed by atoms with E-state index in [0.29, 0.717) is 0 Å². The molecule has 1 saturated heterocycles. The van der Waals surface area contributed by atoms with E-state index >= 15 is 0 Å². The Morgan fingerprint density at radius 1 is 1.24 bits per heavy atom. The summed E-state index contributed by atoms with van der Waals surface area (Å²) in [5, 5.41) is 0. The Bertz CT molecular complexity index is 557. The van der Waals surface area contributed by atoms with Gasteiger partial charge in [0.2, 0.25) is 0 Å². The number of nitrogens with two attached hydrogens (primary N) is 2. The van der Waals surface area contributed by atoms with E-state index in [2.05, 4.69) is 0 Å². The van der Waals surface area contributed by atoms with Gasteiger partial charge in [0, 0.05) is 6.54 Å². The van der Waals surface area contributed by atoms with Gasteiger partial charge in [-0.05, 0) is 50.9 Å². The summed E-state index contributed by atoms with van der Waals surface area (Å²) < 4.78 is 25.1. The molecule has 0 bridgehead atoms. The lowest BCUT2D eigenvalue weighted by Gasteiger charge is -2.32. The smallest absolute Gasteiger partial charge is 0.400 e. The topological polar surface area (TPSA) is 70.5 Å². The number of benzene rings is 1. The summed E-state index contributed by atoms with van der Waals surface area (Å²) >= 11 is 0. The zero-order chi connectivity index (χ0) is 15.8. The Labute approximate surface area is 125 Å². The van der Waals surface area contributed by atoms with Crippen molar-refractivity contribution in [3.63, 3.8) is 0 Å². The first-order valence-corrected chi connectivity index (χ1v) is 6.97. The molecule has 4 nitrogen and oxygen atoms in total. The van der Waals surface area contributed by atoms with Gasteiger partial charge >= 0.3 is 7.12 Å². The SMILES string of the molecule is CC1(C)OB(C(=Cc2ccc(F)c(N)c2)CN)OC1(C)C. The molecule has 0 aliphatic carbocycles. The largest absolute Gasteiger partial charge is 0.491 e. The van der Waals surface area contributed by atoms with Crippen LogP contribution in [0.5, 0.6) is 0 Å². The molecule has 2 rings (SSSR count). The second kappa shape index (κ2) is 5.44. The van der Waals surface area contributed by atoms with Crippen molar-refractivity contribution in [2.24, 2.45) is 5.73 Å². The molecule has 0 aromatic heterocycles. The molecule has 21 heavy (non-hydrogen) atoms. The lowest BCUT2D eigenvalue weighted by Crippen LogP contribution is -2.41. The van der Waals surface area contributed by atoms with E-state index in [1.54, 1.807) is 12.1 Å². The average Bonchev–Trinajstić information content (AvgIpc) is 2.59. The third-order valence-corrected chi connectivity index (χ3v) is 4.16. The molecule has 6 heteroatoms. The van der Waals surface area contributed by atoms with Gasteiger partial charge in [-0.25, -0.2) is 4.39 Å². The second-order valence-corrected chi connectivity index (χ2v) is 6.29. The standard InChI is InChI=1S/C15H22BFN2O2/c1-14(2)15(3,4)21-16(20-14)11(9-18)7-10-5-6-12(17)13(19)8-10/h5-8H,9,18-19H2,1-4H3. The van der Waals surface area contributed by atoms with Crippen molar-refractivity contribution in [1.29, 1.82) is 0 Å². The Morgan fingerprint density at radius 2 is 1.81 bits per heavy atom. The van der Waals surface area contributed by atoms with Gasteiger partial charge in [-0.1, -0.05) is 12.1 Å². The zero-order valence-electron chi connectivity index (χ0n) is 12.9. The van der Waals surface area contributed by atoms with Gasteiger partial charge in [-0.2, -0.15) is 0 Å². The minimum Gasteiger partial charge on any atom is -0.400 e. The van der Waals surface area contributed by atoms with Crippen molar-refractivity contribution in [2.75, 3.05) is 12.3 Å². The minimum absolute atomic E-state index is 0.106. The van der Waals surface area contributed by atoms with Crippen LogP contribution in [0.4, 0.5) is 10.1 Å². The lowest BCUT2D eigenvalue weighted by molar-refractivity contribution is 0.00578. The predicted octanol–water partition coefficient (Wildman–Crippen LogP) is 2.38. The summed E-state index contributed by atoms with van der Waals surface area (Å²) in [5.41, 5.74) is 12.2. The summed E-state index contributed by atoms with van der Waals surface area (Å²) in [7, 11) is -0.508. The quantitative estimate of drug-likeness (QED) is 0.663. The minimum atomic E-state index is -0.508. The molecule has 114 valence electrons. The molecular formula is C15H22BFN2O2. The van der Waals surface area contributed by atoms with Crippen LogP contribution in [0.15, 0.2) is 23.7 Å². The van der Waals surface area contributed by atoms with Gasteiger partial charge in [0.1, 0.15) is 5.82 Å². The zero-order valence-corrected chi connectivity index (χ0v) is 12.9. The molecule has 1 aliphatic rings. The van der Waals surface area contributed by atoms with Gasteiger partial charge in [0.15, 0.2) is 0 Å². The fraction of sp³-hybridized carbons (Fsp3) is 0.467. The van der Waals surface area contributed by atoms with Gasteiger partial charge in [0.25, 0.3) is 0 Å². The van der Waals surface area contributed by atoms with Crippen molar-refractivity contribution in [3.05, 3.63) is 35.1 Å². The van der Waals surface area contributed by atoms with E-state index in [1.807, 2.05) is 33.8 Å². The Morgan fingerprint density at radius 3 is 2.29 bits per heavy atom. The Hall–Kier alpha value is -1.37. The molecule has 1 aromatic carbocycles. The highest BCUT2D eigenvalue weighted by Crippen LogP contribution is 2.38. The molecule has 4 N–H and O–H groups in total. The third-order valence-electron chi connectivity index (χ3n) is 4.16. The van der Waals surface area contributed by atoms with Crippen LogP contribution in [0.3, 0.4) is 0 Å². The van der Waals surface area contributed by atoms with E-state index in [-0.39, 0.29) is 12.2 Å². The molecule has 1 heterocycles. The first-order chi connectivity index (χ1) is 9.66. The number of anilines is 1. The maximum absolute atomic E-state index is 13.2. The van der Waals surface area contributed by atoms with Crippen LogP contribution >= 0.6 is 0 Å². The summed E-state index contributed by atoms with van der Waals surface area (Å²) in [4.78, 5) is 0. The fourth-order valence-corrected chi connectivity index (χ4v) is 2.08. The summed E-state index contributed by atoms with van der Waals surface area (Å²) in [6.07, 6.45) is 1.83. The van der Waals surface area contributed by atoms with Crippen molar-refractivity contribution in [3.8, 4) is 0 Å². The van der Waals surface area contributed by atoms with Crippen LogP contribution in [-0.4, -0.2) is 24.9 Å². The van der Waals surface area contributed by atoms with Crippen LogP contribution < -0.4 is 11.5 Å². The third kappa shape index (κ3) is 3.12. The highest BCUT2D eigenvalue weighted by atomic mass is 19.1. The Balaban J connectivity index is 2.28. The first kappa shape index (κ1) is 16.0. The van der Waals surface area contributed by atoms with E-state index in [0.717, 1.165) is 11.0 Å². The van der Waals surface area contributed by atoms with Crippen LogP contribution in [0.2, 0.25) is 0 Å². The summed E-state index contributed by atoms with van der Waals surface area (Å²) in [6.45, 7) is 8.22. The van der Waals surface area contributed by atoms with Crippen LogP contribution in [0.1, 0.15) is 33.3 Å². The average molecular weight is 292 g/mol. The van der Waals surface area contributed by atoms with Crippen molar-refractivity contribution >= 4 is 18.9 Å². The van der Waals surface area contributed by atoms with Gasteiger partial charge in [-0.3, -0.25) is 0 Å². The molecule has 0 spiro atoms. The van der Waals surface area contributed by atoms with Gasteiger partial charge in [-0.15, -0.1) is 0 Å².